The summed E-state index contributed by atoms with van der Waals surface area (Å²) in [7, 11) is 0. The van der Waals surface area contributed by atoms with E-state index >= 15 is 0 Å². The summed E-state index contributed by atoms with van der Waals surface area (Å²) < 4.78 is 5.05. The van der Waals surface area contributed by atoms with Gasteiger partial charge in [0.05, 0.1) is 5.54 Å². The number of nitrogens with one attached hydrogen (secondary N) is 2. The Kier molecular flexibility index (Phi) is 4.83. The first kappa shape index (κ1) is 16.5. The van der Waals surface area contributed by atoms with Gasteiger partial charge in [0.15, 0.2) is 5.82 Å². The lowest BCUT2D eigenvalue weighted by atomic mass is 9.87. The standard InChI is InChI=1S/C18H24N4O2/c1-13-6-5-7-15(12-13)18(9-3-4-10-18)21-17(23)19-11-8-16-20-14(2)22-24-16/h5-7,12H,3-4,8-11H2,1-2H3,(H2,19,21,23). The molecule has 128 valence electrons. The lowest BCUT2D eigenvalue weighted by Gasteiger charge is -2.31. The van der Waals surface area contributed by atoms with Crippen molar-refractivity contribution in [2.24, 2.45) is 0 Å². The molecule has 0 atom stereocenters. The number of carbonyl (C=O) groups is 1. The number of hydrogen-bond acceptors (Lipinski definition) is 4. The highest BCUT2D eigenvalue weighted by Gasteiger charge is 2.37. The van der Waals surface area contributed by atoms with Crippen LogP contribution in [0.2, 0.25) is 0 Å². The molecule has 0 bridgehead atoms. The Labute approximate surface area is 142 Å². The van der Waals surface area contributed by atoms with Gasteiger partial charge in [-0.15, -0.1) is 0 Å². The summed E-state index contributed by atoms with van der Waals surface area (Å²) in [6.07, 6.45) is 4.76. The van der Waals surface area contributed by atoms with E-state index < -0.39 is 0 Å². The molecule has 0 spiro atoms. The van der Waals surface area contributed by atoms with Gasteiger partial charge in [-0.3, -0.25) is 0 Å². The molecule has 1 fully saturated rings. The monoisotopic (exact) mass is 328 g/mol. The SMILES string of the molecule is Cc1cccc(C2(NC(=O)NCCc3nc(C)no3)CCCC2)c1. The van der Waals surface area contributed by atoms with Gasteiger partial charge in [0.1, 0.15) is 0 Å². The summed E-state index contributed by atoms with van der Waals surface area (Å²) in [4.78, 5) is 16.5. The molecule has 6 nitrogen and oxygen atoms in total. The van der Waals surface area contributed by atoms with Gasteiger partial charge in [0.2, 0.25) is 5.89 Å². The summed E-state index contributed by atoms with van der Waals surface area (Å²) in [6, 6.07) is 8.28. The third-order valence-corrected chi connectivity index (χ3v) is 4.57. The van der Waals surface area contributed by atoms with Crippen LogP contribution in [-0.4, -0.2) is 22.7 Å². The fourth-order valence-corrected chi connectivity index (χ4v) is 3.39. The molecule has 1 saturated carbocycles. The molecule has 2 amide bonds. The van der Waals surface area contributed by atoms with Crippen molar-refractivity contribution < 1.29 is 9.32 Å². The fourth-order valence-electron chi connectivity index (χ4n) is 3.39. The Morgan fingerprint density at radius 2 is 2.08 bits per heavy atom. The maximum absolute atomic E-state index is 12.4. The van der Waals surface area contributed by atoms with E-state index in [1.807, 2.05) is 0 Å². The Morgan fingerprint density at radius 1 is 1.29 bits per heavy atom. The molecule has 2 aromatic rings. The molecule has 3 rings (SSSR count). The van der Waals surface area contributed by atoms with Crippen molar-refractivity contribution in [3.63, 3.8) is 0 Å². The number of benzene rings is 1. The van der Waals surface area contributed by atoms with E-state index in [9.17, 15) is 4.79 Å². The second-order valence-electron chi connectivity index (χ2n) is 6.52. The van der Waals surface area contributed by atoms with Crippen molar-refractivity contribution in [2.75, 3.05) is 6.54 Å². The zero-order valence-electron chi connectivity index (χ0n) is 14.3. The number of nitrogens with zero attached hydrogens (tertiary/aromatic N) is 2. The second-order valence-corrected chi connectivity index (χ2v) is 6.52. The Balaban J connectivity index is 1.60. The summed E-state index contributed by atoms with van der Waals surface area (Å²) in [5.74, 6) is 1.15. The number of amides is 2. The largest absolute Gasteiger partial charge is 0.339 e. The first-order valence-corrected chi connectivity index (χ1v) is 8.50. The number of hydrogen-bond donors (Lipinski definition) is 2. The number of rotatable bonds is 5. The van der Waals surface area contributed by atoms with E-state index in [2.05, 4.69) is 52.0 Å². The van der Waals surface area contributed by atoms with Crippen molar-refractivity contribution in [1.82, 2.24) is 20.8 Å². The van der Waals surface area contributed by atoms with Gasteiger partial charge >= 0.3 is 6.03 Å². The average Bonchev–Trinajstić information content (AvgIpc) is 3.17. The summed E-state index contributed by atoms with van der Waals surface area (Å²) in [5.41, 5.74) is 2.16. The highest BCUT2D eigenvalue weighted by Crippen LogP contribution is 2.38. The van der Waals surface area contributed by atoms with Crippen LogP contribution in [0.4, 0.5) is 4.79 Å². The van der Waals surface area contributed by atoms with Crippen LogP contribution in [0.1, 0.15) is 48.5 Å². The quantitative estimate of drug-likeness (QED) is 0.884. The van der Waals surface area contributed by atoms with E-state index in [-0.39, 0.29) is 11.6 Å². The number of aromatic nitrogens is 2. The van der Waals surface area contributed by atoms with Crippen LogP contribution in [0.25, 0.3) is 0 Å². The molecule has 1 heterocycles. The number of urea groups is 1. The smallest absolute Gasteiger partial charge is 0.315 e. The van der Waals surface area contributed by atoms with Gasteiger partial charge in [-0.2, -0.15) is 4.98 Å². The molecule has 0 aliphatic heterocycles. The predicted octanol–water partition coefficient (Wildman–Crippen LogP) is 3.00. The van der Waals surface area contributed by atoms with Crippen LogP contribution >= 0.6 is 0 Å². The fraction of sp³-hybridized carbons (Fsp3) is 0.500. The molecule has 24 heavy (non-hydrogen) atoms. The molecule has 6 heteroatoms. The molecule has 1 aromatic heterocycles. The minimum Gasteiger partial charge on any atom is -0.339 e. The molecule has 2 N–H and O–H groups in total. The van der Waals surface area contributed by atoms with E-state index in [1.54, 1.807) is 6.92 Å². The molecule has 0 unspecified atom stereocenters. The Hall–Kier alpha value is -2.37. The minimum atomic E-state index is -0.253. The van der Waals surface area contributed by atoms with Crippen molar-refractivity contribution in [3.05, 3.63) is 47.1 Å². The third kappa shape index (κ3) is 3.75. The topological polar surface area (TPSA) is 80.0 Å². The van der Waals surface area contributed by atoms with Crippen molar-refractivity contribution in [3.8, 4) is 0 Å². The van der Waals surface area contributed by atoms with Gasteiger partial charge in [0, 0.05) is 13.0 Å². The lowest BCUT2D eigenvalue weighted by Crippen LogP contribution is -2.48. The van der Waals surface area contributed by atoms with Crippen molar-refractivity contribution >= 4 is 6.03 Å². The first-order valence-electron chi connectivity index (χ1n) is 8.50. The lowest BCUT2D eigenvalue weighted by molar-refractivity contribution is 0.224. The van der Waals surface area contributed by atoms with Gasteiger partial charge < -0.3 is 15.2 Å². The summed E-state index contributed by atoms with van der Waals surface area (Å²) in [6.45, 7) is 4.33. The Bertz CT molecular complexity index is 705. The molecular formula is C18H24N4O2. The summed E-state index contributed by atoms with van der Waals surface area (Å²) >= 11 is 0. The molecule has 1 aromatic carbocycles. The van der Waals surface area contributed by atoms with Crippen LogP contribution in [0, 0.1) is 13.8 Å². The minimum absolute atomic E-state index is 0.144. The van der Waals surface area contributed by atoms with Gasteiger partial charge in [-0.1, -0.05) is 47.8 Å². The molecular weight excluding hydrogens is 304 g/mol. The zero-order valence-corrected chi connectivity index (χ0v) is 14.3. The summed E-state index contributed by atoms with van der Waals surface area (Å²) in [5, 5.41) is 9.85. The van der Waals surface area contributed by atoms with E-state index in [4.69, 9.17) is 4.52 Å². The van der Waals surface area contributed by atoms with Crippen molar-refractivity contribution in [2.45, 2.75) is 51.5 Å². The highest BCUT2D eigenvalue weighted by molar-refractivity contribution is 5.75. The van der Waals surface area contributed by atoms with Gasteiger partial charge in [0.25, 0.3) is 0 Å². The van der Waals surface area contributed by atoms with Gasteiger partial charge in [-0.05, 0) is 32.3 Å². The molecule has 0 saturated heterocycles. The predicted molar refractivity (Wildman–Crippen MR) is 90.6 cm³/mol. The van der Waals surface area contributed by atoms with E-state index in [0.29, 0.717) is 24.7 Å². The zero-order chi connectivity index (χ0) is 17.0. The van der Waals surface area contributed by atoms with Crippen LogP contribution in [-0.2, 0) is 12.0 Å². The Morgan fingerprint density at radius 3 is 2.75 bits per heavy atom. The van der Waals surface area contributed by atoms with E-state index in [1.165, 1.54) is 11.1 Å². The first-order chi connectivity index (χ1) is 11.6. The molecule has 1 aliphatic carbocycles. The molecule has 1 aliphatic rings. The molecule has 0 radical (unpaired) electrons. The maximum Gasteiger partial charge on any atom is 0.315 e. The highest BCUT2D eigenvalue weighted by atomic mass is 16.5. The van der Waals surface area contributed by atoms with Crippen LogP contribution in [0.5, 0.6) is 0 Å². The van der Waals surface area contributed by atoms with Crippen LogP contribution in [0.3, 0.4) is 0 Å². The maximum atomic E-state index is 12.4. The van der Waals surface area contributed by atoms with Gasteiger partial charge in [-0.25, -0.2) is 4.79 Å². The van der Waals surface area contributed by atoms with Crippen molar-refractivity contribution in [1.29, 1.82) is 0 Å². The van der Waals surface area contributed by atoms with E-state index in [0.717, 1.165) is 25.7 Å². The number of carbonyl (C=O) groups excluding carboxylic acids is 1. The third-order valence-electron chi connectivity index (χ3n) is 4.57. The second kappa shape index (κ2) is 7.03. The van der Waals surface area contributed by atoms with Crippen LogP contribution < -0.4 is 10.6 Å². The normalized spacial score (nSPS) is 16.1. The van der Waals surface area contributed by atoms with Crippen LogP contribution in [0.15, 0.2) is 28.8 Å². The number of aryl methyl sites for hydroxylation is 2. The average molecular weight is 328 g/mol.